The average molecular weight is 295 g/mol. The molecule has 0 bridgehead atoms. The van der Waals surface area contributed by atoms with E-state index in [2.05, 4.69) is 0 Å². The van der Waals surface area contributed by atoms with Crippen LogP contribution in [0, 0.1) is 6.92 Å². The summed E-state index contributed by atoms with van der Waals surface area (Å²) >= 11 is 0. The van der Waals surface area contributed by atoms with Crippen LogP contribution in [0.4, 0.5) is 5.69 Å². The maximum Gasteiger partial charge on any atom is 0.266 e. The van der Waals surface area contributed by atoms with Gasteiger partial charge in [0.15, 0.2) is 0 Å². The molecule has 3 rings (SSSR count). The molecule has 0 radical (unpaired) electrons. The summed E-state index contributed by atoms with van der Waals surface area (Å²) in [6.07, 6.45) is 0. The van der Waals surface area contributed by atoms with Crippen molar-refractivity contribution >= 4 is 17.5 Å². The lowest BCUT2D eigenvalue weighted by Crippen LogP contribution is -2.30. The van der Waals surface area contributed by atoms with Gasteiger partial charge in [-0.25, -0.2) is 4.90 Å². The molecule has 0 saturated heterocycles. The number of amides is 2. The van der Waals surface area contributed by atoms with Crippen molar-refractivity contribution in [1.29, 1.82) is 0 Å². The van der Waals surface area contributed by atoms with E-state index in [1.165, 1.54) is 4.90 Å². The number of imide groups is 1. The number of carbonyl (C=O) groups is 2. The summed E-state index contributed by atoms with van der Waals surface area (Å²) in [6.45, 7) is 5.69. The largest absolute Gasteiger partial charge is 0.508 e. The zero-order valence-electron chi connectivity index (χ0n) is 12.8. The summed E-state index contributed by atoms with van der Waals surface area (Å²) < 4.78 is 0. The van der Waals surface area contributed by atoms with Gasteiger partial charge in [0, 0.05) is 0 Å². The number of hydrogen-bond acceptors (Lipinski definition) is 3. The summed E-state index contributed by atoms with van der Waals surface area (Å²) in [6, 6.07) is 10.2. The topological polar surface area (TPSA) is 57.6 Å². The number of aryl methyl sites for hydroxylation is 1. The first-order chi connectivity index (χ1) is 10.4. The second kappa shape index (κ2) is 4.98. The van der Waals surface area contributed by atoms with Gasteiger partial charge < -0.3 is 5.11 Å². The first-order valence-corrected chi connectivity index (χ1v) is 7.23. The van der Waals surface area contributed by atoms with Crippen molar-refractivity contribution in [3.8, 4) is 5.75 Å². The summed E-state index contributed by atoms with van der Waals surface area (Å²) in [5, 5.41) is 10.0. The number of nitrogens with zero attached hydrogens (tertiary/aromatic N) is 1. The van der Waals surface area contributed by atoms with Gasteiger partial charge in [-0.15, -0.1) is 0 Å². The third-order valence-electron chi connectivity index (χ3n) is 4.00. The highest BCUT2D eigenvalue weighted by Crippen LogP contribution is 2.36. The molecule has 1 aliphatic heterocycles. The van der Waals surface area contributed by atoms with Crippen LogP contribution in [0.5, 0.6) is 5.75 Å². The first kappa shape index (κ1) is 14.3. The van der Waals surface area contributed by atoms with Crippen LogP contribution < -0.4 is 4.90 Å². The van der Waals surface area contributed by atoms with Crippen LogP contribution in [0.15, 0.2) is 36.4 Å². The molecule has 2 amide bonds. The molecule has 0 atom stereocenters. The van der Waals surface area contributed by atoms with Crippen molar-refractivity contribution in [2.75, 3.05) is 4.90 Å². The number of phenolic OH excluding ortho intramolecular Hbond substituents is 1. The van der Waals surface area contributed by atoms with Gasteiger partial charge in [-0.2, -0.15) is 0 Å². The molecule has 0 fully saturated rings. The highest BCUT2D eigenvalue weighted by Gasteiger charge is 2.37. The Hall–Kier alpha value is -2.62. The Balaban J connectivity index is 2.16. The van der Waals surface area contributed by atoms with Crippen LogP contribution in [-0.2, 0) is 0 Å². The Morgan fingerprint density at radius 2 is 1.55 bits per heavy atom. The minimum absolute atomic E-state index is 0.0922. The Morgan fingerprint density at radius 3 is 2.05 bits per heavy atom. The van der Waals surface area contributed by atoms with Crippen LogP contribution in [-0.4, -0.2) is 16.9 Å². The lowest BCUT2D eigenvalue weighted by atomic mass is 9.98. The smallest absolute Gasteiger partial charge is 0.266 e. The van der Waals surface area contributed by atoms with E-state index >= 15 is 0 Å². The highest BCUT2D eigenvalue weighted by atomic mass is 16.3. The molecular formula is C18H17NO3. The van der Waals surface area contributed by atoms with Crippen molar-refractivity contribution in [2.24, 2.45) is 0 Å². The quantitative estimate of drug-likeness (QED) is 0.861. The Bertz CT molecular complexity index is 758. The third kappa shape index (κ3) is 1.99. The number of phenols is 1. The monoisotopic (exact) mass is 295 g/mol. The van der Waals surface area contributed by atoms with E-state index in [1.54, 1.807) is 43.3 Å². The van der Waals surface area contributed by atoms with Gasteiger partial charge in [-0.1, -0.05) is 26.0 Å². The minimum atomic E-state index is -0.316. The molecule has 0 aromatic heterocycles. The van der Waals surface area contributed by atoms with Gasteiger partial charge in [0.2, 0.25) is 0 Å². The molecule has 4 heteroatoms. The van der Waals surface area contributed by atoms with E-state index in [0.717, 1.165) is 5.56 Å². The van der Waals surface area contributed by atoms with Crippen molar-refractivity contribution in [2.45, 2.75) is 26.7 Å². The van der Waals surface area contributed by atoms with E-state index in [0.29, 0.717) is 22.4 Å². The lowest BCUT2D eigenvalue weighted by Gasteiger charge is -2.20. The van der Waals surface area contributed by atoms with Crippen LogP contribution in [0.2, 0.25) is 0 Å². The Kier molecular flexibility index (Phi) is 3.24. The molecule has 1 N–H and O–H groups in total. The maximum absolute atomic E-state index is 12.6. The van der Waals surface area contributed by atoms with Crippen LogP contribution in [0.25, 0.3) is 0 Å². The number of benzene rings is 2. The van der Waals surface area contributed by atoms with Crippen molar-refractivity contribution in [1.82, 2.24) is 0 Å². The standard InChI is InChI=1S/C18H17NO3/c1-10(2)14-9-15(11(3)8-16(14)20)19-17(21)12-6-4-5-7-13(12)18(19)22/h4-10,20H,1-3H3. The van der Waals surface area contributed by atoms with E-state index in [9.17, 15) is 14.7 Å². The number of hydrogen-bond donors (Lipinski definition) is 1. The molecule has 0 spiro atoms. The van der Waals surface area contributed by atoms with Crippen molar-refractivity contribution < 1.29 is 14.7 Å². The number of rotatable bonds is 2. The third-order valence-corrected chi connectivity index (χ3v) is 4.00. The first-order valence-electron chi connectivity index (χ1n) is 7.23. The molecular weight excluding hydrogens is 278 g/mol. The van der Waals surface area contributed by atoms with E-state index < -0.39 is 0 Å². The van der Waals surface area contributed by atoms with Crippen molar-refractivity contribution in [3.63, 3.8) is 0 Å². The summed E-state index contributed by atoms with van der Waals surface area (Å²) in [4.78, 5) is 26.3. The molecule has 112 valence electrons. The van der Waals surface area contributed by atoms with Crippen molar-refractivity contribution in [3.05, 3.63) is 58.7 Å². The molecule has 1 heterocycles. The zero-order valence-corrected chi connectivity index (χ0v) is 12.8. The molecule has 4 nitrogen and oxygen atoms in total. The van der Waals surface area contributed by atoms with E-state index in [-0.39, 0.29) is 23.5 Å². The molecule has 0 saturated carbocycles. The molecule has 0 aliphatic carbocycles. The fourth-order valence-electron chi connectivity index (χ4n) is 2.81. The van der Waals surface area contributed by atoms with Gasteiger partial charge >= 0.3 is 0 Å². The molecule has 22 heavy (non-hydrogen) atoms. The van der Waals surface area contributed by atoms with Crippen LogP contribution in [0.3, 0.4) is 0 Å². The van der Waals surface area contributed by atoms with Gasteiger partial charge in [-0.3, -0.25) is 9.59 Å². The minimum Gasteiger partial charge on any atom is -0.508 e. The Labute approximate surface area is 129 Å². The van der Waals surface area contributed by atoms with Gasteiger partial charge in [0.05, 0.1) is 16.8 Å². The highest BCUT2D eigenvalue weighted by molar-refractivity contribution is 6.34. The predicted octanol–water partition coefficient (Wildman–Crippen LogP) is 3.62. The SMILES string of the molecule is Cc1cc(O)c(C(C)C)cc1N1C(=O)c2ccccc2C1=O. The number of carbonyl (C=O) groups excluding carboxylic acids is 2. The summed E-state index contributed by atoms with van der Waals surface area (Å²) in [5.41, 5.74) is 2.79. The van der Waals surface area contributed by atoms with Crippen LogP contribution >= 0.6 is 0 Å². The summed E-state index contributed by atoms with van der Waals surface area (Å²) in [7, 11) is 0. The van der Waals surface area contributed by atoms with Crippen LogP contribution in [0.1, 0.15) is 51.6 Å². The second-order valence-electron chi connectivity index (χ2n) is 5.84. The second-order valence-corrected chi connectivity index (χ2v) is 5.84. The van der Waals surface area contributed by atoms with E-state index in [1.807, 2.05) is 13.8 Å². The average Bonchev–Trinajstić information content (AvgIpc) is 2.72. The number of fused-ring (bicyclic) bond motifs is 1. The number of anilines is 1. The predicted molar refractivity (Wildman–Crippen MR) is 84.5 cm³/mol. The Morgan fingerprint density at radius 1 is 1.00 bits per heavy atom. The van der Waals surface area contributed by atoms with Gasteiger partial charge in [0.25, 0.3) is 11.8 Å². The van der Waals surface area contributed by atoms with E-state index in [4.69, 9.17) is 0 Å². The maximum atomic E-state index is 12.6. The molecule has 1 aliphatic rings. The summed E-state index contributed by atoms with van der Waals surface area (Å²) in [5.74, 6) is -0.351. The fraction of sp³-hybridized carbons (Fsp3) is 0.222. The number of aromatic hydroxyl groups is 1. The molecule has 2 aromatic rings. The van der Waals surface area contributed by atoms with Gasteiger partial charge in [0.1, 0.15) is 5.75 Å². The van der Waals surface area contributed by atoms with Gasteiger partial charge in [-0.05, 0) is 48.2 Å². The zero-order chi connectivity index (χ0) is 16.0. The fourth-order valence-corrected chi connectivity index (χ4v) is 2.81. The normalized spacial score (nSPS) is 13.9. The molecule has 0 unspecified atom stereocenters. The lowest BCUT2D eigenvalue weighted by molar-refractivity contribution is 0.0926. The molecule has 2 aromatic carbocycles.